The summed E-state index contributed by atoms with van der Waals surface area (Å²) in [4.78, 5) is 25.9. The minimum atomic E-state index is -0.00717. The molecule has 0 aromatic carbocycles. The predicted octanol–water partition coefficient (Wildman–Crippen LogP) is 4.94. The average molecular weight is 483 g/mol. The molecule has 6 heteroatoms. The largest absolute Gasteiger partial charge is 0.338 e. The predicted molar refractivity (Wildman–Crippen MR) is 136 cm³/mol. The molecule has 9 aliphatic carbocycles. The lowest BCUT2D eigenvalue weighted by atomic mass is 9.53. The van der Waals surface area contributed by atoms with Gasteiger partial charge in [-0.3, -0.25) is 0 Å². The monoisotopic (exact) mass is 482 g/mol. The van der Waals surface area contributed by atoms with Crippen LogP contribution in [-0.2, 0) is 0 Å². The molecule has 0 radical (unpaired) electrons. The van der Waals surface area contributed by atoms with Gasteiger partial charge < -0.3 is 21.3 Å². The van der Waals surface area contributed by atoms with Crippen LogP contribution in [0.25, 0.3) is 0 Å². The minimum Gasteiger partial charge on any atom is -0.338 e. The second-order valence-corrected chi connectivity index (χ2v) is 15.1. The second kappa shape index (κ2) is 7.77. The average Bonchev–Trinajstić information content (AvgIpc) is 2.73. The molecule has 0 aromatic heterocycles. The number of hydrogen-bond acceptors (Lipinski definition) is 2. The van der Waals surface area contributed by atoms with Crippen molar-refractivity contribution < 1.29 is 9.59 Å². The van der Waals surface area contributed by atoms with Crippen molar-refractivity contribution in [2.45, 2.75) is 114 Å². The standard InChI is InChI=1S/C29H46N4O2/c1-27(2)23(16-30-25(34)32-28-10-17-3-18(11-28)5-19(4-17)12-28)9-24(27)31-26(35)33-29-13-20-6-21(14-29)8-22(7-20)15-29/h17-24H,3-16H2,1-2H3,(H2,30,32,34)(H2,31,33,35)/t17?,18?,19?,20?,21?,22?,23-,24-,28?,29?/m0/s1. The van der Waals surface area contributed by atoms with Gasteiger partial charge in [-0.1, -0.05) is 13.8 Å². The Morgan fingerprint density at radius 3 is 1.43 bits per heavy atom. The molecular weight excluding hydrogens is 436 g/mol. The third-order valence-corrected chi connectivity index (χ3v) is 12.1. The molecule has 0 unspecified atom stereocenters. The lowest BCUT2D eigenvalue weighted by Crippen LogP contribution is -2.66. The molecule has 8 bridgehead atoms. The summed E-state index contributed by atoms with van der Waals surface area (Å²) in [6.07, 6.45) is 16.4. The van der Waals surface area contributed by atoms with E-state index in [0.717, 1.165) is 41.9 Å². The van der Waals surface area contributed by atoms with E-state index in [1.54, 1.807) is 0 Å². The number of urea groups is 2. The van der Waals surface area contributed by atoms with E-state index in [2.05, 4.69) is 35.1 Å². The number of hydrogen-bond donors (Lipinski definition) is 4. The number of rotatable bonds is 5. The molecule has 4 amide bonds. The molecule has 9 aliphatic rings. The zero-order valence-corrected chi connectivity index (χ0v) is 21.8. The van der Waals surface area contributed by atoms with Gasteiger partial charge >= 0.3 is 12.1 Å². The van der Waals surface area contributed by atoms with Gasteiger partial charge in [-0.2, -0.15) is 0 Å². The fourth-order valence-corrected chi connectivity index (χ4v) is 11.1. The van der Waals surface area contributed by atoms with Crippen LogP contribution in [0.5, 0.6) is 0 Å². The Morgan fingerprint density at radius 2 is 1.03 bits per heavy atom. The van der Waals surface area contributed by atoms with E-state index in [1.165, 1.54) is 77.0 Å². The van der Waals surface area contributed by atoms with Crippen LogP contribution in [0.2, 0.25) is 0 Å². The summed E-state index contributed by atoms with van der Waals surface area (Å²) in [5.74, 6) is 5.41. The molecule has 0 spiro atoms. The molecule has 9 saturated carbocycles. The van der Waals surface area contributed by atoms with Crippen molar-refractivity contribution >= 4 is 12.1 Å². The van der Waals surface area contributed by atoms with Gasteiger partial charge in [0.2, 0.25) is 0 Å². The summed E-state index contributed by atoms with van der Waals surface area (Å²) in [6, 6.07) is 0.240. The Kier molecular flexibility index (Phi) is 5.04. The van der Waals surface area contributed by atoms with Crippen molar-refractivity contribution in [1.82, 2.24) is 21.3 Å². The Morgan fingerprint density at radius 1 is 0.629 bits per heavy atom. The maximum Gasteiger partial charge on any atom is 0.315 e. The lowest BCUT2D eigenvalue weighted by molar-refractivity contribution is -0.0175. The first-order valence-corrected chi connectivity index (χ1v) is 14.8. The molecule has 9 rings (SSSR count). The Balaban J connectivity index is 0.887. The molecule has 0 heterocycles. The normalized spacial score (nSPS) is 49.9. The first kappa shape index (κ1) is 22.7. The van der Waals surface area contributed by atoms with Gasteiger partial charge in [0.1, 0.15) is 0 Å². The molecule has 0 saturated heterocycles. The van der Waals surface area contributed by atoms with E-state index >= 15 is 0 Å². The molecule has 4 N–H and O–H groups in total. The van der Waals surface area contributed by atoms with Crippen molar-refractivity contribution in [2.75, 3.05) is 6.54 Å². The van der Waals surface area contributed by atoms with Crippen molar-refractivity contribution in [2.24, 2.45) is 46.8 Å². The van der Waals surface area contributed by atoms with Gasteiger partial charge in [0.15, 0.2) is 0 Å². The topological polar surface area (TPSA) is 82.3 Å². The fraction of sp³-hybridized carbons (Fsp3) is 0.931. The van der Waals surface area contributed by atoms with Gasteiger partial charge in [-0.25, -0.2) is 9.59 Å². The van der Waals surface area contributed by atoms with Crippen molar-refractivity contribution in [3.05, 3.63) is 0 Å². The number of nitrogens with one attached hydrogen (secondary N) is 4. The van der Waals surface area contributed by atoms with Crippen LogP contribution in [0.4, 0.5) is 9.59 Å². The molecule has 6 nitrogen and oxygen atoms in total. The molecular formula is C29H46N4O2. The van der Waals surface area contributed by atoms with Crippen LogP contribution in [0.1, 0.15) is 97.3 Å². The lowest BCUT2D eigenvalue weighted by Gasteiger charge is -2.57. The first-order chi connectivity index (χ1) is 16.7. The molecule has 35 heavy (non-hydrogen) atoms. The van der Waals surface area contributed by atoms with E-state index in [1.807, 2.05) is 0 Å². The summed E-state index contributed by atoms with van der Waals surface area (Å²) in [5, 5.41) is 13.4. The molecule has 9 fully saturated rings. The highest BCUT2D eigenvalue weighted by Crippen LogP contribution is 2.57. The van der Waals surface area contributed by atoms with Crippen LogP contribution < -0.4 is 21.3 Å². The van der Waals surface area contributed by atoms with E-state index in [0.29, 0.717) is 12.5 Å². The molecule has 2 atom stereocenters. The highest BCUT2D eigenvalue weighted by molar-refractivity contribution is 5.76. The Bertz CT molecular complexity index is 827. The quantitative estimate of drug-likeness (QED) is 0.448. The van der Waals surface area contributed by atoms with Gasteiger partial charge in [-0.15, -0.1) is 0 Å². The zero-order chi connectivity index (χ0) is 24.0. The Labute approximate surface area is 210 Å². The van der Waals surface area contributed by atoms with Gasteiger partial charge in [0.05, 0.1) is 0 Å². The van der Waals surface area contributed by atoms with Crippen LogP contribution >= 0.6 is 0 Å². The van der Waals surface area contributed by atoms with Gasteiger partial charge in [-0.05, 0) is 130 Å². The van der Waals surface area contributed by atoms with Crippen LogP contribution in [0.15, 0.2) is 0 Å². The van der Waals surface area contributed by atoms with Crippen LogP contribution in [0, 0.1) is 46.8 Å². The summed E-state index contributed by atoms with van der Waals surface area (Å²) in [7, 11) is 0. The van der Waals surface area contributed by atoms with Crippen LogP contribution in [0.3, 0.4) is 0 Å². The number of carbonyl (C=O) groups excluding carboxylic acids is 2. The third kappa shape index (κ3) is 3.96. The van der Waals surface area contributed by atoms with Gasteiger partial charge in [0, 0.05) is 23.7 Å². The first-order valence-electron chi connectivity index (χ1n) is 14.8. The minimum absolute atomic E-state index is 0.00717. The molecule has 0 aromatic rings. The number of amides is 4. The van der Waals surface area contributed by atoms with E-state index in [-0.39, 0.29) is 34.6 Å². The van der Waals surface area contributed by atoms with Crippen LogP contribution in [-0.4, -0.2) is 35.7 Å². The SMILES string of the molecule is CC1(C)[C@H](CNC(=O)NC23CC4CC(CC(C4)C2)C3)C[C@@H]1NC(=O)NC12CC3CC(CC(C3)C1)C2. The van der Waals surface area contributed by atoms with E-state index in [9.17, 15) is 9.59 Å². The highest BCUT2D eigenvalue weighted by atomic mass is 16.2. The molecule has 0 aliphatic heterocycles. The fourth-order valence-electron chi connectivity index (χ4n) is 11.1. The van der Waals surface area contributed by atoms with Gasteiger partial charge in [0.25, 0.3) is 0 Å². The smallest absolute Gasteiger partial charge is 0.315 e. The number of carbonyl (C=O) groups is 2. The van der Waals surface area contributed by atoms with Crippen molar-refractivity contribution in [3.63, 3.8) is 0 Å². The highest BCUT2D eigenvalue weighted by Gasteiger charge is 2.54. The summed E-state index contributed by atoms with van der Waals surface area (Å²) in [5.41, 5.74) is 0.114. The second-order valence-electron chi connectivity index (χ2n) is 15.1. The molecule has 194 valence electrons. The maximum absolute atomic E-state index is 13.0. The summed E-state index contributed by atoms with van der Waals surface area (Å²) >= 11 is 0. The Hall–Kier alpha value is -1.46. The van der Waals surface area contributed by atoms with E-state index < -0.39 is 0 Å². The van der Waals surface area contributed by atoms with E-state index in [4.69, 9.17) is 0 Å². The maximum atomic E-state index is 13.0. The third-order valence-electron chi connectivity index (χ3n) is 12.1. The van der Waals surface area contributed by atoms with Crippen molar-refractivity contribution in [1.29, 1.82) is 0 Å². The summed E-state index contributed by atoms with van der Waals surface area (Å²) < 4.78 is 0. The zero-order valence-electron chi connectivity index (χ0n) is 21.8. The van der Waals surface area contributed by atoms with Crippen molar-refractivity contribution in [3.8, 4) is 0 Å². The summed E-state index contributed by atoms with van der Waals surface area (Å²) in [6.45, 7) is 5.19.